The summed E-state index contributed by atoms with van der Waals surface area (Å²) in [5, 5.41) is 0.633. The molecule has 0 saturated carbocycles. The van der Waals surface area contributed by atoms with Crippen molar-refractivity contribution in [3.8, 4) is 0 Å². The zero-order chi connectivity index (χ0) is 11.6. The Kier molecular flexibility index (Phi) is 3.72. The lowest BCUT2D eigenvalue weighted by Gasteiger charge is -2.23. The summed E-state index contributed by atoms with van der Waals surface area (Å²) in [6.45, 7) is 2.38. The molecule has 1 heterocycles. The predicted octanol–water partition coefficient (Wildman–Crippen LogP) is 1.21. The van der Waals surface area contributed by atoms with E-state index in [2.05, 4.69) is 16.6 Å². The van der Waals surface area contributed by atoms with Crippen LogP contribution in [0.4, 0.5) is 0 Å². The predicted molar refractivity (Wildman–Crippen MR) is 68.3 cm³/mol. The normalized spacial score (nSPS) is 12.8. The third-order valence-electron chi connectivity index (χ3n) is 1.98. The second-order valence-corrected chi connectivity index (χ2v) is 9.43. The molecule has 1 aromatic heterocycles. The largest absolute Gasteiger partial charge is 0.329 e. The summed E-state index contributed by atoms with van der Waals surface area (Å²) in [7, 11) is -1.35. The van der Waals surface area contributed by atoms with E-state index in [9.17, 15) is 9.59 Å². The number of hydrogen-bond acceptors (Lipinski definition) is 3. The molecule has 0 aliphatic carbocycles. The van der Waals surface area contributed by atoms with Gasteiger partial charge in [0.2, 0.25) is 0 Å². The minimum atomic E-state index is -1.35. The number of nitrogens with one attached hydrogen (secondary N) is 1. The summed E-state index contributed by atoms with van der Waals surface area (Å²) in [6, 6.07) is 1.47. The Morgan fingerprint density at radius 3 is 2.47 bits per heavy atom. The van der Waals surface area contributed by atoms with Gasteiger partial charge in [-0.05, 0) is 18.9 Å². The van der Waals surface area contributed by atoms with Gasteiger partial charge in [-0.3, -0.25) is 9.36 Å². The van der Waals surface area contributed by atoms with E-state index >= 15 is 0 Å². The van der Waals surface area contributed by atoms with Gasteiger partial charge in [-0.1, -0.05) is 6.92 Å². The van der Waals surface area contributed by atoms with Crippen molar-refractivity contribution in [2.24, 2.45) is 0 Å². The van der Waals surface area contributed by atoms with E-state index in [1.165, 1.54) is 10.6 Å². The van der Waals surface area contributed by atoms with Crippen LogP contribution in [0, 0.1) is 0 Å². The summed E-state index contributed by atoms with van der Waals surface area (Å²) in [5.41, 5.74) is -0.584. The van der Waals surface area contributed by atoms with Crippen LogP contribution in [-0.4, -0.2) is 22.1 Å². The first-order chi connectivity index (χ1) is 6.86. The maximum Gasteiger partial charge on any atom is 0.329 e. The van der Waals surface area contributed by atoms with Crippen LogP contribution in [0.5, 0.6) is 0 Å². The minimum Gasteiger partial charge on any atom is -0.302 e. The van der Waals surface area contributed by atoms with E-state index in [-0.39, 0.29) is 11.2 Å². The van der Waals surface area contributed by atoms with Crippen molar-refractivity contribution < 1.29 is 0 Å². The first-order valence-corrected chi connectivity index (χ1v) is 8.16. The molecular formula is C9H16N2O2S2. The molecule has 1 rings (SSSR count). The Morgan fingerprint density at radius 1 is 1.47 bits per heavy atom. The molecule has 15 heavy (non-hydrogen) atoms. The molecule has 0 aliphatic heterocycles. The average molecular weight is 248 g/mol. The second-order valence-electron chi connectivity index (χ2n) is 3.70. The van der Waals surface area contributed by atoms with Gasteiger partial charge in [0, 0.05) is 12.6 Å². The molecule has 0 atom stereocenters. The molecule has 0 aromatic carbocycles. The Bertz CT molecular complexity index is 425. The van der Waals surface area contributed by atoms with E-state index in [0.29, 0.717) is 11.6 Å². The number of aromatic nitrogens is 2. The molecule has 4 nitrogen and oxygen atoms in total. The van der Waals surface area contributed by atoms with Crippen LogP contribution < -0.4 is 11.2 Å². The average Bonchev–Trinajstić information content (AvgIpc) is 2.09. The van der Waals surface area contributed by atoms with Crippen molar-refractivity contribution in [2.75, 3.05) is 12.5 Å². The van der Waals surface area contributed by atoms with Crippen LogP contribution in [0.2, 0.25) is 0 Å². The Morgan fingerprint density at radius 2 is 2.07 bits per heavy atom. The second kappa shape index (κ2) is 4.49. The van der Waals surface area contributed by atoms with Gasteiger partial charge >= 0.3 is 5.69 Å². The standard InChI is InChI=1S/C9H16N2O2S2/c1-4-5-11-8(12)6-7(10-9(11)13)15(2,3)14/h6,14H,4-5H2,1-3H3,(H,10,13). The summed E-state index contributed by atoms with van der Waals surface area (Å²) in [6.07, 6.45) is 4.58. The number of thiol groups is 1. The van der Waals surface area contributed by atoms with Crippen molar-refractivity contribution in [2.45, 2.75) is 24.9 Å². The molecule has 0 radical (unpaired) electrons. The molecule has 86 valence electrons. The molecular weight excluding hydrogens is 232 g/mol. The van der Waals surface area contributed by atoms with E-state index in [1.54, 1.807) is 0 Å². The first-order valence-electron chi connectivity index (χ1n) is 4.66. The maximum absolute atomic E-state index is 11.6. The molecule has 6 heteroatoms. The fourth-order valence-electron chi connectivity index (χ4n) is 1.20. The molecule has 1 N–H and O–H groups in total. The quantitative estimate of drug-likeness (QED) is 0.480. The van der Waals surface area contributed by atoms with E-state index in [1.807, 2.05) is 19.4 Å². The van der Waals surface area contributed by atoms with Crippen molar-refractivity contribution >= 4 is 20.7 Å². The molecule has 0 aliphatic rings. The van der Waals surface area contributed by atoms with Crippen molar-refractivity contribution in [3.63, 3.8) is 0 Å². The van der Waals surface area contributed by atoms with Gasteiger partial charge in [0.1, 0.15) is 0 Å². The van der Waals surface area contributed by atoms with Gasteiger partial charge in [-0.2, -0.15) is 9.06 Å². The Hall–Kier alpha value is -0.620. The molecule has 0 spiro atoms. The lowest BCUT2D eigenvalue weighted by atomic mass is 10.5. The molecule has 0 unspecified atom stereocenters. The van der Waals surface area contributed by atoms with Crippen LogP contribution in [0.3, 0.4) is 0 Å². The van der Waals surface area contributed by atoms with Gasteiger partial charge in [0.05, 0.1) is 5.03 Å². The monoisotopic (exact) mass is 248 g/mol. The summed E-state index contributed by atoms with van der Waals surface area (Å²) >= 11 is 4.39. The fraction of sp³-hybridized carbons (Fsp3) is 0.556. The third kappa shape index (κ3) is 2.92. The molecule has 0 bridgehead atoms. The van der Waals surface area contributed by atoms with Crippen LogP contribution in [-0.2, 0) is 6.54 Å². The minimum absolute atomic E-state index is 0.245. The Balaban J connectivity index is 3.33. The summed E-state index contributed by atoms with van der Waals surface area (Å²) in [5.74, 6) is 0. The van der Waals surface area contributed by atoms with Gasteiger partial charge in [-0.25, -0.2) is 4.79 Å². The number of H-pyrrole nitrogens is 1. The van der Waals surface area contributed by atoms with E-state index in [4.69, 9.17) is 0 Å². The fourth-order valence-corrected chi connectivity index (χ4v) is 2.22. The lowest BCUT2D eigenvalue weighted by Crippen LogP contribution is -2.35. The number of nitrogens with zero attached hydrogens (tertiary/aromatic N) is 1. The van der Waals surface area contributed by atoms with Gasteiger partial charge in [0.25, 0.3) is 5.56 Å². The molecule has 1 aromatic rings. The highest BCUT2D eigenvalue weighted by molar-refractivity contribution is 8.87. The van der Waals surface area contributed by atoms with E-state index in [0.717, 1.165) is 6.42 Å². The van der Waals surface area contributed by atoms with Gasteiger partial charge in [-0.15, -0.1) is 11.7 Å². The van der Waals surface area contributed by atoms with Crippen molar-refractivity contribution in [1.82, 2.24) is 9.55 Å². The molecule has 0 saturated heterocycles. The van der Waals surface area contributed by atoms with Crippen molar-refractivity contribution in [1.29, 1.82) is 0 Å². The number of hydrogen-bond donors (Lipinski definition) is 2. The zero-order valence-electron chi connectivity index (χ0n) is 9.11. The van der Waals surface area contributed by atoms with Crippen LogP contribution in [0.15, 0.2) is 20.7 Å². The van der Waals surface area contributed by atoms with Crippen LogP contribution >= 0.6 is 20.7 Å². The van der Waals surface area contributed by atoms with Gasteiger partial charge < -0.3 is 4.98 Å². The van der Waals surface area contributed by atoms with Crippen LogP contribution in [0.1, 0.15) is 13.3 Å². The maximum atomic E-state index is 11.6. The highest BCUT2D eigenvalue weighted by atomic mass is 33.1. The summed E-state index contributed by atoms with van der Waals surface area (Å²) < 4.78 is 1.21. The Labute approximate surface area is 94.8 Å². The van der Waals surface area contributed by atoms with Gasteiger partial charge in [0.15, 0.2) is 0 Å². The highest BCUT2D eigenvalue weighted by Crippen LogP contribution is 2.51. The van der Waals surface area contributed by atoms with E-state index < -0.39 is 9.06 Å². The smallest absolute Gasteiger partial charge is 0.302 e. The lowest BCUT2D eigenvalue weighted by molar-refractivity contribution is 0.605. The van der Waals surface area contributed by atoms with Crippen molar-refractivity contribution in [3.05, 3.63) is 26.9 Å². The molecule has 0 fully saturated rings. The van der Waals surface area contributed by atoms with Crippen LogP contribution in [0.25, 0.3) is 0 Å². The first kappa shape index (κ1) is 12.4. The highest BCUT2D eigenvalue weighted by Gasteiger charge is 2.13. The SMILES string of the molecule is CCCn1c(=O)cc(S(C)(C)S)[nH]c1=O. The number of aromatic amines is 1. The topological polar surface area (TPSA) is 54.9 Å². The number of rotatable bonds is 3. The zero-order valence-corrected chi connectivity index (χ0v) is 10.8. The molecule has 0 amide bonds. The summed E-state index contributed by atoms with van der Waals surface area (Å²) in [4.78, 5) is 25.9. The third-order valence-corrected chi connectivity index (χ3v) is 3.87.